The maximum atomic E-state index is 13.9. The Balaban J connectivity index is 2.03. The molecular weight excluding hydrogens is 321 g/mol. The van der Waals surface area contributed by atoms with E-state index in [0.29, 0.717) is 22.8 Å². The molecule has 1 N–H and O–H groups in total. The molecule has 1 aliphatic heterocycles. The molecule has 6 heteroatoms. The molecule has 25 heavy (non-hydrogen) atoms. The summed E-state index contributed by atoms with van der Waals surface area (Å²) in [5, 5.41) is 3.17. The molecule has 0 saturated heterocycles. The van der Waals surface area contributed by atoms with Crippen molar-refractivity contribution in [3.05, 3.63) is 71.2 Å². The second-order valence-electron chi connectivity index (χ2n) is 5.91. The van der Waals surface area contributed by atoms with Crippen molar-refractivity contribution in [3.63, 3.8) is 0 Å². The Bertz CT molecular complexity index is 1020. The summed E-state index contributed by atoms with van der Waals surface area (Å²) in [4.78, 5) is 17.1. The van der Waals surface area contributed by atoms with Gasteiger partial charge in [-0.05, 0) is 36.8 Å². The molecule has 0 bridgehead atoms. The van der Waals surface area contributed by atoms with Gasteiger partial charge in [0.15, 0.2) is 0 Å². The molecule has 0 spiro atoms. The maximum Gasteiger partial charge on any atom is 0.337 e. The molecule has 1 atom stereocenters. The Kier molecular flexibility index (Phi) is 3.53. The van der Waals surface area contributed by atoms with Gasteiger partial charge in [-0.15, -0.1) is 0 Å². The van der Waals surface area contributed by atoms with Crippen LogP contribution in [0.5, 0.6) is 0 Å². The third-order valence-corrected chi connectivity index (χ3v) is 4.40. The molecule has 2 heterocycles. The Morgan fingerprint density at radius 1 is 1.24 bits per heavy atom. The largest absolute Gasteiger partial charge is 0.466 e. The van der Waals surface area contributed by atoms with E-state index in [0.717, 1.165) is 11.0 Å². The zero-order valence-electron chi connectivity index (χ0n) is 13.8. The number of imidazole rings is 1. The highest BCUT2D eigenvalue weighted by molar-refractivity contribution is 5.94. The number of para-hydroxylation sites is 2. The number of halogens is 1. The van der Waals surface area contributed by atoms with Gasteiger partial charge in [-0.3, -0.25) is 4.57 Å². The van der Waals surface area contributed by atoms with Crippen LogP contribution in [0.1, 0.15) is 18.5 Å². The normalized spacial score (nSPS) is 16.5. The van der Waals surface area contributed by atoms with E-state index in [4.69, 9.17) is 4.74 Å². The molecule has 1 aliphatic rings. The smallest absolute Gasteiger partial charge is 0.337 e. The highest BCUT2D eigenvalue weighted by atomic mass is 19.1. The van der Waals surface area contributed by atoms with Crippen LogP contribution in [0.3, 0.4) is 0 Å². The predicted octanol–water partition coefficient (Wildman–Crippen LogP) is 3.64. The van der Waals surface area contributed by atoms with E-state index in [1.54, 1.807) is 19.1 Å². The van der Waals surface area contributed by atoms with Crippen molar-refractivity contribution in [2.24, 2.45) is 0 Å². The summed E-state index contributed by atoms with van der Waals surface area (Å²) in [6.45, 7) is 1.79. The van der Waals surface area contributed by atoms with E-state index in [1.807, 2.05) is 28.8 Å². The molecule has 0 fully saturated rings. The summed E-state index contributed by atoms with van der Waals surface area (Å²) in [7, 11) is 1.34. The number of carbonyl (C=O) groups excluding carboxylic acids is 1. The molecule has 0 unspecified atom stereocenters. The summed E-state index contributed by atoms with van der Waals surface area (Å²) >= 11 is 0. The van der Waals surface area contributed by atoms with Gasteiger partial charge in [0.25, 0.3) is 0 Å². The number of ether oxygens (including phenoxy) is 1. The first-order valence-corrected chi connectivity index (χ1v) is 7.88. The van der Waals surface area contributed by atoms with Crippen LogP contribution in [0.4, 0.5) is 10.3 Å². The lowest BCUT2D eigenvalue weighted by Crippen LogP contribution is -2.28. The van der Waals surface area contributed by atoms with Crippen molar-refractivity contribution in [1.82, 2.24) is 9.55 Å². The van der Waals surface area contributed by atoms with Crippen molar-refractivity contribution in [1.29, 1.82) is 0 Å². The lowest BCUT2D eigenvalue weighted by molar-refractivity contribution is -0.136. The second-order valence-corrected chi connectivity index (χ2v) is 5.91. The number of hydrogen-bond donors (Lipinski definition) is 1. The van der Waals surface area contributed by atoms with Crippen LogP contribution in [-0.4, -0.2) is 22.6 Å². The van der Waals surface area contributed by atoms with Crippen LogP contribution in [0, 0.1) is 5.82 Å². The number of aromatic nitrogens is 2. The zero-order chi connectivity index (χ0) is 17.6. The molecule has 0 radical (unpaired) electrons. The lowest BCUT2D eigenvalue weighted by Gasteiger charge is -2.30. The van der Waals surface area contributed by atoms with Crippen molar-refractivity contribution in [2.75, 3.05) is 12.4 Å². The summed E-state index contributed by atoms with van der Waals surface area (Å²) in [5.74, 6) is -0.202. The van der Waals surface area contributed by atoms with Crippen molar-refractivity contribution in [3.8, 4) is 0 Å². The van der Waals surface area contributed by atoms with Gasteiger partial charge in [0, 0.05) is 5.70 Å². The van der Waals surface area contributed by atoms with Gasteiger partial charge < -0.3 is 10.1 Å². The monoisotopic (exact) mass is 337 g/mol. The maximum absolute atomic E-state index is 13.9. The average Bonchev–Trinajstić information content (AvgIpc) is 2.97. The minimum Gasteiger partial charge on any atom is -0.466 e. The number of allylic oxidation sites excluding steroid dienone is 1. The third-order valence-electron chi connectivity index (χ3n) is 4.40. The van der Waals surface area contributed by atoms with E-state index in [-0.39, 0.29) is 5.82 Å². The minimum atomic E-state index is -0.521. The number of hydrogen-bond acceptors (Lipinski definition) is 4. The molecule has 0 amide bonds. The van der Waals surface area contributed by atoms with Crippen LogP contribution in [0.25, 0.3) is 11.0 Å². The van der Waals surface area contributed by atoms with Gasteiger partial charge in [-0.2, -0.15) is 0 Å². The number of anilines is 1. The fraction of sp³-hybridized carbons (Fsp3) is 0.158. The summed E-state index contributed by atoms with van der Waals surface area (Å²) < 4.78 is 20.8. The number of nitrogens with zero attached hydrogens (tertiary/aromatic N) is 2. The van der Waals surface area contributed by atoms with Gasteiger partial charge in [0.05, 0.1) is 29.8 Å². The third kappa shape index (κ3) is 2.38. The van der Waals surface area contributed by atoms with E-state index in [1.165, 1.54) is 19.2 Å². The molecule has 5 nitrogen and oxygen atoms in total. The number of fused-ring (bicyclic) bond motifs is 3. The highest BCUT2D eigenvalue weighted by Gasteiger charge is 2.34. The van der Waals surface area contributed by atoms with E-state index in [9.17, 15) is 9.18 Å². The van der Waals surface area contributed by atoms with Gasteiger partial charge in [0.2, 0.25) is 5.95 Å². The van der Waals surface area contributed by atoms with E-state index >= 15 is 0 Å². The molecule has 1 aromatic heterocycles. The van der Waals surface area contributed by atoms with Gasteiger partial charge in [-0.25, -0.2) is 14.2 Å². The quantitative estimate of drug-likeness (QED) is 0.726. The van der Waals surface area contributed by atoms with Gasteiger partial charge in [0.1, 0.15) is 5.82 Å². The van der Waals surface area contributed by atoms with Crippen molar-refractivity contribution < 1.29 is 13.9 Å². The zero-order valence-corrected chi connectivity index (χ0v) is 13.8. The summed E-state index contributed by atoms with van der Waals surface area (Å²) in [6.07, 6.45) is 0. The lowest BCUT2D eigenvalue weighted by atomic mass is 9.95. The molecule has 4 rings (SSSR count). The van der Waals surface area contributed by atoms with Crippen LogP contribution < -0.4 is 5.32 Å². The van der Waals surface area contributed by atoms with Crippen LogP contribution in [-0.2, 0) is 9.53 Å². The number of methoxy groups -OCH3 is 1. The summed E-state index contributed by atoms with van der Waals surface area (Å²) in [6, 6.07) is 13.4. The Morgan fingerprint density at radius 3 is 2.80 bits per heavy atom. The average molecular weight is 337 g/mol. The first kappa shape index (κ1) is 15.4. The summed E-state index contributed by atoms with van der Waals surface area (Å²) in [5.41, 5.74) is 3.39. The molecule has 2 aromatic carbocycles. The SMILES string of the molecule is COC(=O)C1=C(C)Nc2nc3ccccc3n2[C@H]1c1cccc(F)c1. The fourth-order valence-electron chi connectivity index (χ4n) is 3.33. The first-order chi connectivity index (χ1) is 12.1. The molecule has 3 aromatic rings. The number of rotatable bonds is 2. The second kappa shape index (κ2) is 5.73. The highest BCUT2D eigenvalue weighted by Crippen LogP contribution is 2.39. The Hall–Kier alpha value is -3.15. The fourth-order valence-corrected chi connectivity index (χ4v) is 3.33. The predicted molar refractivity (Wildman–Crippen MR) is 92.6 cm³/mol. The molecule has 0 saturated carbocycles. The number of benzene rings is 2. The Morgan fingerprint density at radius 2 is 2.04 bits per heavy atom. The number of esters is 1. The Labute approximate surface area is 143 Å². The van der Waals surface area contributed by atoms with Crippen molar-refractivity contribution in [2.45, 2.75) is 13.0 Å². The number of carbonyl (C=O) groups is 1. The van der Waals surface area contributed by atoms with Crippen LogP contribution in [0.2, 0.25) is 0 Å². The van der Waals surface area contributed by atoms with E-state index in [2.05, 4.69) is 10.3 Å². The van der Waals surface area contributed by atoms with Gasteiger partial charge in [-0.1, -0.05) is 24.3 Å². The van der Waals surface area contributed by atoms with Crippen LogP contribution in [0.15, 0.2) is 59.8 Å². The molecule has 126 valence electrons. The van der Waals surface area contributed by atoms with Crippen molar-refractivity contribution >= 4 is 23.0 Å². The topological polar surface area (TPSA) is 56.1 Å². The van der Waals surface area contributed by atoms with Gasteiger partial charge >= 0.3 is 5.97 Å². The molecular formula is C19H16FN3O2. The number of nitrogens with one attached hydrogen (secondary N) is 1. The minimum absolute atomic E-state index is 0.358. The standard InChI is InChI=1S/C19H16FN3O2/c1-11-16(18(24)25-2)17(12-6-5-7-13(20)10-12)23-15-9-4-3-8-14(15)22-19(23)21-11/h3-10,17H,1-2H3,(H,21,22)/t17-/m0/s1. The van der Waals surface area contributed by atoms with Crippen LogP contribution >= 0.6 is 0 Å². The van der Waals surface area contributed by atoms with E-state index < -0.39 is 12.0 Å². The molecule has 0 aliphatic carbocycles. The first-order valence-electron chi connectivity index (χ1n) is 7.88.